The molecule has 0 heterocycles. The van der Waals surface area contributed by atoms with Gasteiger partial charge >= 0.3 is 0 Å². The third kappa shape index (κ3) is 7.06. The minimum absolute atomic E-state index is 0.225. The van der Waals surface area contributed by atoms with E-state index >= 15 is 0 Å². The van der Waals surface area contributed by atoms with Crippen LogP contribution in [0.5, 0.6) is 0 Å². The van der Waals surface area contributed by atoms with Gasteiger partial charge < -0.3 is 19.7 Å². The van der Waals surface area contributed by atoms with Crippen LogP contribution >= 0.6 is 0 Å². The lowest BCUT2D eigenvalue weighted by Gasteiger charge is -2.22. The van der Waals surface area contributed by atoms with Crippen LogP contribution in [0.2, 0.25) is 0 Å². The van der Waals surface area contributed by atoms with E-state index in [4.69, 9.17) is 9.47 Å². The summed E-state index contributed by atoms with van der Waals surface area (Å²) in [6, 6.07) is 6.46. The van der Waals surface area contributed by atoms with Gasteiger partial charge in [0.15, 0.2) is 5.96 Å². The topological polar surface area (TPSA) is 46.1 Å². The molecule has 5 nitrogen and oxygen atoms in total. The fourth-order valence-electron chi connectivity index (χ4n) is 1.80. The molecule has 0 saturated carbocycles. The van der Waals surface area contributed by atoms with E-state index in [1.807, 2.05) is 11.9 Å². The van der Waals surface area contributed by atoms with Crippen molar-refractivity contribution in [3.8, 4) is 0 Å². The minimum Gasteiger partial charge on any atom is -0.382 e. The Bertz CT molecular complexity index is 423. The number of ether oxygens (including phenoxy) is 2. The lowest BCUT2D eigenvalue weighted by molar-refractivity contribution is 0.0731. The zero-order chi connectivity index (χ0) is 15.5. The lowest BCUT2D eigenvalue weighted by Crippen LogP contribution is -2.40. The van der Waals surface area contributed by atoms with Crippen LogP contribution in [0.3, 0.4) is 0 Å². The number of hydrogen-bond acceptors (Lipinski definition) is 3. The normalized spacial score (nSPS) is 11.5. The van der Waals surface area contributed by atoms with Gasteiger partial charge in [-0.25, -0.2) is 4.39 Å². The van der Waals surface area contributed by atoms with E-state index in [1.54, 1.807) is 26.3 Å². The number of benzene rings is 1. The molecule has 1 N–H and O–H groups in total. The Morgan fingerprint density at radius 1 is 1.24 bits per heavy atom. The quantitative estimate of drug-likeness (QED) is 0.449. The van der Waals surface area contributed by atoms with E-state index in [0.717, 1.165) is 11.5 Å². The molecule has 6 heteroatoms. The van der Waals surface area contributed by atoms with E-state index < -0.39 is 0 Å². The summed E-state index contributed by atoms with van der Waals surface area (Å²) in [5, 5.41) is 3.21. The monoisotopic (exact) mass is 297 g/mol. The molecule has 0 bridgehead atoms. The first-order valence-electron chi connectivity index (χ1n) is 6.90. The Morgan fingerprint density at radius 3 is 2.57 bits per heavy atom. The number of rotatable bonds is 8. The van der Waals surface area contributed by atoms with Gasteiger partial charge in [-0.1, -0.05) is 12.1 Å². The lowest BCUT2D eigenvalue weighted by atomic mass is 10.2. The number of nitrogens with zero attached hydrogens (tertiary/aromatic N) is 2. The molecule has 0 aliphatic carbocycles. The standard InChI is InChI=1S/C15H24FN3O2/c1-17-15(18-8-9-21-11-10-20-3)19(2)12-13-4-6-14(16)7-5-13/h4-7H,8-12H2,1-3H3,(H,17,18). The van der Waals surface area contributed by atoms with Crippen molar-refractivity contribution in [2.24, 2.45) is 4.99 Å². The Hall–Kier alpha value is -1.66. The van der Waals surface area contributed by atoms with Crippen molar-refractivity contribution >= 4 is 5.96 Å². The maximum Gasteiger partial charge on any atom is 0.193 e. The molecule has 0 fully saturated rings. The molecule has 0 saturated heterocycles. The summed E-state index contributed by atoms with van der Waals surface area (Å²) in [6.45, 7) is 3.10. The molecule has 118 valence electrons. The van der Waals surface area contributed by atoms with Gasteiger partial charge in [0.1, 0.15) is 5.82 Å². The summed E-state index contributed by atoms with van der Waals surface area (Å²) in [5.41, 5.74) is 1.03. The van der Waals surface area contributed by atoms with E-state index in [1.165, 1.54) is 12.1 Å². The Labute approximate surface area is 125 Å². The van der Waals surface area contributed by atoms with Crippen LogP contribution in [-0.4, -0.2) is 58.4 Å². The smallest absolute Gasteiger partial charge is 0.193 e. The van der Waals surface area contributed by atoms with E-state index in [-0.39, 0.29) is 5.82 Å². The van der Waals surface area contributed by atoms with Crippen LogP contribution < -0.4 is 5.32 Å². The molecular weight excluding hydrogens is 273 g/mol. The highest BCUT2D eigenvalue weighted by atomic mass is 19.1. The van der Waals surface area contributed by atoms with Crippen LogP contribution in [0.25, 0.3) is 0 Å². The first-order valence-corrected chi connectivity index (χ1v) is 6.90. The Morgan fingerprint density at radius 2 is 1.95 bits per heavy atom. The molecule has 1 aromatic carbocycles. The van der Waals surface area contributed by atoms with E-state index in [2.05, 4.69) is 10.3 Å². The molecule has 0 radical (unpaired) electrons. The Balaban J connectivity index is 2.32. The fraction of sp³-hybridized carbons (Fsp3) is 0.533. The van der Waals surface area contributed by atoms with Crippen LogP contribution in [0, 0.1) is 5.82 Å². The molecule has 21 heavy (non-hydrogen) atoms. The van der Waals surface area contributed by atoms with Crippen molar-refractivity contribution in [2.75, 3.05) is 47.6 Å². The van der Waals surface area contributed by atoms with Gasteiger partial charge in [-0.05, 0) is 17.7 Å². The Kier molecular flexibility index (Phi) is 8.38. The summed E-state index contributed by atoms with van der Waals surface area (Å²) in [4.78, 5) is 6.19. The molecule has 0 aliphatic rings. The second-order valence-corrected chi connectivity index (χ2v) is 4.56. The number of aliphatic imine (C=N–C) groups is 1. The van der Waals surface area contributed by atoms with Crippen molar-refractivity contribution in [2.45, 2.75) is 6.54 Å². The molecule has 0 unspecified atom stereocenters. The molecule has 0 aliphatic heterocycles. The van der Waals surface area contributed by atoms with Crippen molar-refractivity contribution in [3.63, 3.8) is 0 Å². The van der Waals surface area contributed by atoms with Crippen molar-refractivity contribution in [3.05, 3.63) is 35.6 Å². The molecule has 0 atom stereocenters. The molecule has 0 spiro atoms. The zero-order valence-corrected chi connectivity index (χ0v) is 12.9. The summed E-state index contributed by atoms with van der Waals surface area (Å²) in [7, 11) is 5.31. The predicted molar refractivity (Wildman–Crippen MR) is 81.9 cm³/mol. The third-order valence-corrected chi connectivity index (χ3v) is 2.87. The summed E-state index contributed by atoms with van der Waals surface area (Å²) < 4.78 is 23.1. The van der Waals surface area contributed by atoms with Crippen molar-refractivity contribution in [1.29, 1.82) is 0 Å². The number of guanidine groups is 1. The van der Waals surface area contributed by atoms with Crippen LogP contribution in [0.4, 0.5) is 4.39 Å². The number of halogens is 1. The second-order valence-electron chi connectivity index (χ2n) is 4.56. The van der Waals surface area contributed by atoms with Crippen molar-refractivity contribution < 1.29 is 13.9 Å². The molecule has 1 aromatic rings. The average Bonchev–Trinajstić information content (AvgIpc) is 2.49. The van der Waals surface area contributed by atoms with Crippen LogP contribution in [0.1, 0.15) is 5.56 Å². The van der Waals surface area contributed by atoms with Crippen LogP contribution in [0.15, 0.2) is 29.3 Å². The first-order chi connectivity index (χ1) is 10.2. The second kappa shape index (κ2) is 10.1. The van der Waals surface area contributed by atoms with Gasteiger partial charge in [0.2, 0.25) is 0 Å². The highest BCUT2D eigenvalue weighted by molar-refractivity contribution is 5.79. The summed E-state index contributed by atoms with van der Waals surface area (Å²) >= 11 is 0. The van der Waals surface area contributed by atoms with E-state index in [9.17, 15) is 4.39 Å². The highest BCUT2D eigenvalue weighted by Crippen LogP contribution is 2.05. The first kappa shape index (κ1) is 17.4. The van der Waals surface area contributed by atoms with Gasteiger partial charge in [-0.15, -0.1) is 0 Å². The van der Waals surface area contributed by atoms with Crippen molar-refractivity contribution in [1.82, 2.24) is 10.2 Å². The fourth-order valence-corrected chi connectivity index (χ4v) is 1.80. The molecule has 0 aromatic heterocycles. The number of methoxy groups -OCH3 is 1. The van der Waals surface area contributed by atoms with Gasteiger partial charge in [0.25, 0.3) is 0 Å². The summed E-state index contributed by atoms with van der Waals surface area (Å²) in [6.07, 6.45) is 0. The third-order valence-electron chi connectivity index (χ3n) is 2.87. The van der Waals surface area contributed by atoms with Gasteiger partial charge in [0.05, 0.1) is 19.8 Å². The minimum atomic E-state index is -0.225. The summed E-state index contributed by atoms with van der Waals surface area (Å²) in [5.74, 6) is 0.548. The predicted octanol–water partition coefficient (Wildman–Crippen LogP) is 1.50. The van der Waals surface area contributed by atoms with Gasteiger partial charge in [0, 0.05) is 34.3 Å². The zero-order valence-electron chi connectivity index (χ0n) is 12.9. The van der Waals surface area contributed by atoms with E-state index in [0.29, 0.717) is 32.9 Å². The molecule has 1 rings (SSSR count). The van der Waals surface area contributed by atoms with Crippen LogP contribution in [-0.2, 0) is 16.0 Å². The number of hydrogen-bond donors (Lipinski definition) is 1. The SMILES string of the molecule is CN=C(NCCOCCOC)N(C)Cc1ccc(F)cc1. The maximum absolute atomic E-state index is 12.9. The van der Waals surface area contributed by atoms with Gasteiger partial charge in [-0.3, -0.25) is 4.99 Å². The molecule has 0 amide bonds. The van der Waals surface area contributed by atoms with Gasteiger partial charge in [-0.2, -0.15) is 0 Å². The highest BCUT2D eigenvalue weighted by Gasteiger charge is 2.06. The number of nitrogens with one attached hydrogen (secondary N) is 1. The largest absolute Gasteiger partial charge is 0.382 e. The maximum atomic E-state index is 12.9. The average molecular weight is 297 g/mol. The molecular formula is C15H24FN3O2.